The van der Waals surface area contributed by atoms with Gasteiger partial charge >= 0.3 is 0 Å². The smallest absolute Gasteiger partial charge is 0.269 e. The number of amides is 1. The minimum Gasteiger partial charge on any atom is -0.360 e. The van der Waals surface area contributed by atoms with Gasteiger partial charge in [0, 0.05) is 36.8 Å². The van der Waals surface area contributed by atoms with Gasteiger partial charge in [-0.15, -0.1) is 0 Å². The van der Waals surface area contributed by atoms with E-state index in [-0.39, 0.29) is 17.8 Å². The summed E-state index contributed by atoms with van der Waals surface area (Å²) in [5.74, 6) is -0.0548. The van der Waals surface area contributed by atoms with Gasteiger partial charge in [-0.1, -0.05) is 12.1 Å². The van der Waals surface area contributed by atoms with Crippen molar-refractivity contribution in [2.24, 2.45) is 0 Å². The van der Waals surface area contributed by atoms with Crippen molar-refractivity contribution in [2.45, 2.75) is 6.17 Å². The normalized spacial score (nSPS) is 16.1. The summed E-state index contributed by atoms with van der Waals surface area (Å²) in [6.07, 6.45) is 1.53. The van der Waals surface area contributed by atoms with Crippen LogP contribution in [0.25, 0.3) is 5.69 Å². The van der Waals surface area contributed by atoms with Gasteiger partial charge in [0.15, 0.2) is 0 Å². The van der Waals surface area contributed by atoms with Crippen LogP contribution in [0, 0.1) is 10.1 Å². The second kappa shape index (κ2) is 6.03. The first-order valence-corrected chi connectivity index (χ1v) is 8.11. The Hall–Kier alpha value is -3.61. The first kappa shape index (κ1) is 15.9. The van der Waals surface area contributed by atoms with Gasteiger partial charge in [-0.2, -0.15) is 0 Å². The van der Waals surface area contributed by atoms with Crippen LogP contribution < -0.4 is 5.32 Å². The molecular formula is C19H16N4O3. The number of carbonyl (C=O) groups excluding carboxylic acids is 1. The molecule has 7 heteroatoms. The summed E-state index contributed by atoms with van der Waals surface area (Å²) in [6, 6.07) is 17.5. The highest BCUT2D eigenvalue weighted by Crippen LogP contribution is 2.33. The molecule has 4 rings (SSSR count). The summed E-state index contributed by atoms with van der Waals surface area (Å²) in [6.45, 7) is 0. The summed E-state index contributed by atoms with van der Waals surface area (Å²) in [5, 5.41) is 14.2. The quantitative estimate of drug-likeness (QED) is 0.579. The zero-order chi connectivity index (χ0) is 18.3. The highest BCUT2D eigenvalue weighted by Gasteiger charge is 2.31. The van der Waals surface area contributed by atoms with E-state index in [0.717, 1.165) is 17.1 Å². The molecule has 1 unspecified atom stereocenters. The molecule has 0 aliphatic carbocycles. The molecule has 2 aromatic carbocycles. The van der Waals surface area contributed by atoms with Gasteiger partial charge in [-0.05, 0) is 36.4 Å². The van der Waals surface area contributed by atoms with E-state index in [1.54, 1.807) is 30.1 Å². The lowest BCUT2D eigenvalue weighted by molar-refractivity contribution is -0.384. The maximum atomic E-state index is 12.7. The number of aromatic nitrogens is 1. The number of nitrogens with zero attached hydrogens (tertiary/aromatic N) is 3. The van der Waals surface area contributed by atoms with Crippen LogP contribution in [-0.4, -0.2) is 27.3 Å². The number of anilines is 1. The van der Waals surface area contributed by atoms with E-state index in [1.165, 1.54) is 12.1 Å². The Morgan fingerprint density at radius 2 is 1.77 bits per heavy atom. The van der Waals surface area contributed by atoms with Gasteiger partial charge in [0.2, 0.25) is 0 Å². The van der Waals surface area contributed by atoms with E-state index in [4.69, 9.17) is 0 Å². The lowest BCUT2D eigenvalue weighted by Crippen LogP contribution is -2.40. The molecule has 1 amide bonds. The van der Waals surface area contributed by atoms with Crippen molar-refractivity contribution in [2.75, 3.05) is 12.4 Å². The number of fused-ring (bicyclic) bond motifs is 1. The highest BCUT2D eigenvalue weighted by molar-refractivity contribution is 6.01. The van der Waals surface area contributed by atoms with Crippen LogP contribution >= 0.6 is 0 Å². The average molecular weight is 348 g/mol. The first-order chi connectivity index (χ1) is 12.6. The third-order valence-electron chi connectivity index (χ3n) is 4.56. The van der Waals surface area contributed by atoms with Gasteiger partial charge < -0.3 is 14.8 Å². The number of non-ortho nitro benzene ring substituents is 1. The van der Waals surface area contributed by atoms with Crippen LogP contribution in [0.15, 0.2) is 66.9 Å². The largest absolute Gasteiger partial charge is 0.360 e. The molecule has 1 aliphatic rings. The minimum atomic E-state index is -0.424. The monoisotopic (exact) mass is 348 g/mol. The maximum absolute atomic E-state index is 12.7. The molecule has 0 fully saturated rings. The van der Waals surface area contributed by atoms with E-state index >= 15 is 0 Å². The molecule has 2 heterocycles. The van der Waals surface area contributed by atoms with Gasteiger partial charge in [-0.3, -0.25) is 14.9 Å². The fraction of sp³-hybridized carbons (Fsp3) is 0.105. The molecule has 26 heavy (non-hydrogen) atoms. The number of rotatable bonds is 3. The molecule has 1 aliphatic heterocycles. The molecular weight excluding hydrogens is 332 g/mol. The third kappa shape index (κ3) is 2.50. The summed E-state index contributed by atoms with van der Waals surface area (Å²) < 4.78 is 1.92. The van der Waals surface area contributed by atoms with E-state index in [2.05, 4.69) is 5.32 Å². The minimum absolute atomic E-state index is 0.0412. The lowest BCUT2D eigenvalue weighted by atomic mass is 10.1. The predicted octanol–water partition coefficient (Wildman–Crippen LogP) is 3.58. The topological polar surface area (TPSA) is 80.4 Å². The molecule has 130 valence electrons. The Labute approximate surface area is 149 Å². The molecule has 0 saturated carbocycles. The summed E-state index contributed by atoms with van der Waals surface area (Å²) in [5.41, 5.74) is 3.12. The fourth-order valence-corrected chi connectivity index (χ4v) is 3.21. The first-order valence-electron chi connectivity index (χ1n) is 8.11. The van der Waals surface area contributed by atoms with Crippen molar-refractivity contribution in [3.63, 3.8) is 0 Å². The highest BCUT2D eigenvalue weighted by atomic mass is 16.6. The van der Waals surface area contributed by atoms with Crippen LogP contribution in [0.5, 0.6) is 0 Å². The number of nitro benzene ring substituents is 1. The average Bonchev–Trinajstić information content (AvgIpc) is 3.14. The van der Waals surface area contributed by atoms with E-state index < -0.39 is 4.92 Å². The lowest BCUT2D eigenvalue weighted by Gasteiger charge is -2.35. The van der Waals surface area contributed by atoms with Gasteiger partial charge in [-0.25, -0.2) is 0 Å². The summed E-state index contributed by atoms with van der Waals surface area (Å²) in [7, 11) is 1.75. The van der Waals surface area contributed by atoms with Crippen LogP contribution in [0.2, 0.25) is 0 Å². The molecule has 3 aromatic rings. The Morgan fingerprint density at radius 3 is 2.50 bits per heavy atom. The number of benzene rings is 2. The molecule has 0 radical (unpaired) electrons. The Balaban J connectivity index is 1.73. The SMILES string of the molecule is CN1C(=O)c2ccccc2NC1c1cccn1-c1ccc([N+](=O)[O-])cc1. The Kier molecular flexibility index (Phi) is 3.69. The van der Waals surface area contributed by atoms with Gasteiger partial charge in [0.05, 0.1) is 16.2 Å². The zero-order valence-corrected chi connectivity index (χ0v) is 14.0. The van der Waals surface area contributed by atoms with E-state index in [0.29, 0.717) is 5.56 Å². The van der Waals surface area contributed by atoms with Crippen molar-refractivity contribution >= 4 is 17.3 Å². The number of nitrogens with one attached hydrogen (secondary N) is 1. The summed E-state index contributed by atoms with van der Waals surface area (Å²) >= 11 is 0. The Morgan fingerprint density at radius 1 is 1.04 bits per heavy atom. The Bertz CT molecular complexity index is 994. The van der Waals surface area contributed by atoms with Gasteiger partial charge in [0.25, 0.3) is 11.6 Å². The zero-order valence-electron chi connectivity index (χ0n) is 14.0. The molecule has 1 N–H and O–H groups in total. The number of hydrogen-bond acceptors (Lipinski definition) is 4. The summed E-state index contributed by atoms with van der Waals surface area (Å²) in [4.78, 5) is 24.8. The number of hydrogen-bond donors (Lipinski definition) is 1. The molecule has 0 saturated heterocycles. The van der Waals surface area contributed by atoms with Crippen molar-refractivity contribution < 1.29 is 9.72 Å². The van der Waals surface area contributed by atoms with Gasteiger partial charge in [0.1, 0.15) is 6.17 Å². The van der Waals surface area contributed by atoms with Crippen LogP contribution in [-0.2, 0) is 0 Å². The molecule has 1 atom stereocenters. The predicted molar refractivity (Wildman–Crippen MR) is 97.3 cm³/mol. The van der Waals surface area contributed by atoms with E-state index in [1.807, 2.05) is 41.1 Å². The van der Waals surface area contributed by atoms with Crippen LogP contribution in [0.3, 0.4) is 0 Å². The van der Waals surface area contributed by atoms with Crippen molar-refractivity contribution in [3.05, 3.63) is 88.2 Å². The molecule has 0 spiro atoms. The molecule has 7 nitrogen and oxygen atoms in total. The van der Waals surface area contributed by atoms with Crippen LogP contribution in [0.1, 0.15) is 22.2 Å². The van der Waals surface area contributed by atoms with E-state index in [9.17, 15) is 14.9 Å². The molecule has 0 bridgehead atoms. The van der Waals surface area contributed by atoms with Crippen molar-refractivity contribution in [1.82, 2.24) is 9.47 Å². The standard InChI is InChI=1S/C19H16N4O3/c1-21-18(20-16-6-3-2-5-15(16)19(21)24)17-7-4-12-22(17)13-8-10-14(11-9-13)23(25)26/h2-12,18,20H,1H3. The second-order valence-electron chi connectivity index (χ2n) is 6.09. The number of nitro groups is 1. The third-order valence-corrected chi connectivity index (χ3v) is 4.56. The van der Waals surface area contributed by atoms with Crippen molar-refractivity contribution in [1.29, 1.82) is 0 Å². The molecule has 1 aromatic heterocycles. The maximum Gasteiger partial charge on any atom is 0.269 e. The second-order valence-corrected chi connectivity index (χ2v) is 6.09. The fourth-order valence-electron chi connectivity index (χ4n) is 3.21. The number of carbonyl (C=O) groups is 1. The van der Waals surface area contributed by atoms with Crippen molar-refractivity contribution in [3.8, 4) is 5.69 Å². The van der Waals surface area contributed by atoms with Crippen LogP contribution in [0.4, 0.5) is 11.4 Å². The number of para-hydroxylation sites is 1.